The van der Waals surface area contributed by atoms with Crippen LogP contribution >= 0.6 is 0 Å². The maximum absolute atomic E-state index is 12.4. The summed E-state index contributed by atoms with van der Waals surface area (Å²) in [6.07, 6.45) is 0. The lowest BCUT2D eigenvalue weighted by Crippen LogP contribution is -2.62. The van der Waals surface area contributed by atoms with Crippen LogP contribution in [0.4, 0.5) is 0 Å². The van der Waals surface area contributed by atoms with E-state index in [1.165, 1.54) is 9.21 Å². The van der Waals surface area contributed by atoms with Crippen molar-refractivity contribution in [1.82, 2.24) is 19.2 Å². The van der Waals surface area contributed by atoms with Gasteiger partial charge in [-0.1, -0.05) is 0 Å². The molecule has 0 spiro atoms. The first-order chi connectivity index (χ1) is 8.54. The van der Waals surface area contributed by atoms with Gasteiger partial charge in [0.15, 0.2) is 0 Å². The van der Waals surface area contributed by atoms with Gasteiger partial charge in [0.05, 0.1) is 0 Å². The number of amides is 1. The Kier molecular flexibility index (Phi) is 4.94. The topological polar surface area (TPSA) is 81.8 Å². The van der Waals surface area contributed by atoms with Gasteiger partial charge in [0.1, 0.15) is 6.04 Å². The summed E-state index contributed by atoms with van der Waals surface area (Å²) in [5.41, 5.74) is -0.574. The highest BCUT2D eigenvalue weighted by molar-refractivity contribution is 7.87. The summed E-state index contributed by atoms with van der Waals surface area (Å²) < 4.78 is 28.5. The zero-order valence-electron chi connectivity index (χ0n) is 12.2. The molecule has 1 aliphatic heterocycles. The van der Waals surface area contributed by atoms with E-state index < -0.39 is 21.8 Å². The maximum Gasteiger partial charge on any atom is 0.280 e. The highest BCUT2D eigenvalue weighted by atomic mass is 32.2. The van der Waals surface area contributed by atoms with Crippen molar-refractivity contribution >= 4 is 16.1 Å². The molecule has 0 radical (unpaired) electrons. The fraction of sp³-hybridized carbons (Fsp3) is 0.909. The lowest BCUT2D eigenvalue weighted by molar-refractivity contribution is -0.133. The first kappa shape index (κ1) is 16.4. The van der Waals surface area contributed by atoms with Crippen molar-refractivity contribution in [2.45, 2.75) is 32.4 Å². The molecule has 1 rings (SSSR count). The maximum atomic E-state index is 12.4. The summed E-state index contributed by atoms with van der Waals surface area (Å²) in [5.74, 6) is -0.216. The largest absolute Gasteiger partial charge is 0.347 e. The van der Waals surface area contributed by atoms with Crippen molar-refractivity contribution in [3.8, 4) is 0 Å². The minimum absolute atomic E-state index is 0.216. The normalized spacial score (nSPS) is 22.3. The second-order valence-corrected chi connectivity index (χ2v) is 7.54. The average molecular weight is 292 g/mol. The molecule has 1 heterocycles. The number of nitrogens with zero attached hydrogens (tertiary/aromatic N) is 2. The smallest absolute Gasteiger partial charge is 0.280 e. The van der Waals surface area contributed by atoms with E-state index >= 15 is 0 Å². The van der Waals surface area contributed by atoms with E-state index in [0.29, 0.717) is 13.1 Å². The van der Waals surface area contributed by atoms with Crippen LogP contribution in [0, 0.1) is 0 Å². The molecule has 1 amide bonds. The molecular weight excluding hydrogens is 268 g/mol. The second-order valence-electron chi connectivity index (χ2n) is 5.92. The Morgan fingerprint density at radius 1 is 1.37 bits per heavy atom. The number of rotatable bonds is 3. The van der Waals surface area contributed by atoms with Crippen LogP contribution in [0.2, 0.25) is 0 Å². The van der Waals surface area contributed by atoms with E-state index in [9.17, 15) is 13.2 Å². The molecule has 0 aromatic heterocycles. The summed E-state index contributed by atoms with van der Waals surface area (Å²) in [4.78, 5) is 13.5. The Bertz CT molecular complexity index is 428. The van der Waals surface area contributed by atoms with Gasteiger partial charge in [0.2, 0.25) is 5.91 Å². The van der Waals surface area contributed by atoms with Crippen molar-refractivity contribution < 1.29 is 13.2 Å². The molecule has 0 aromatic rings. The molecule has 19 heavy (non-hydrogen) atoms. The third kappa shape index (κ3) is 4.41. The van der Waals surface area contributed by atoms with E-state index in [-0.39, 0.29) is 12.5 Å². The highest BCUT2D eigenvalue weighted by Gasteiger charge is 2.38. The van der Waals surface area contributed by atoms with Crippen LogP contribution < -0.4 is 10.0 Å². The molecule has 112 valence electrons. The molecule has 1 aliphatic rings. The molecule has 0 bridgehead atoms. The Labute approximate surface area is 115 Å². The van der Waals surface area contributed by atoms with Crippen molar-refractivity contribution in [1.29, 1.82) is 0 Å². The quantitative estimate of drug-likeness (QED) is 0.698. The summed E-state index contributed by atoms with van der Waals surface area (Å²) >= 11 is 0. The summed E-state index contributed by atoms with van der Waals surface area (Å²) in [7, 11) is -0.425. The lowest BCUT2D eigenvalue weighted by Gasteiger charge is -2.37. The first-order valence-corrected chi connectivity index (χ1v) is 7.71. The van der Waals surface area contributed by atoms with Crippen LogP contribution in [0.25, 0.3) is 0 Å². The molecule has 0 aliphatic carbocycles. The Hall–Kier alpha value is -0.700. The van der Waals surface area contributed by atoms with Crippen LogP contribution in [-0.4, -0.2) is 68.8 Å². The van der Waals surface area contributed by atoms with Gasteiger partial charge in [-0.15, -0.1) is 0 Å². The van der Waals surface area contributed by atoms with Gasteiger partial charge in [-0.25, -0.2) is 0 Å². The number of hydrogen-bond donors (Lipinski definition) is 2. The van der Waals surface area contributed by atoms with Gasteiger partial charge in [0, 0.05) is 39.3 Å². The number of likely N-dealkylation sites (N-methyl/N-ethyl adjacent to an activating group) is 1. The van der Waals surface area contributed by atoms with E-state index in [0.717, 1.165) is 0 Å². The molecule has 1 saturated heterocycles. The standard InChI is InChI=1S/C11H24N4O3S/c1-11(2,3)13-19(17,18)15-7-6-12-8-9(15)10(16)14(4)5/h9,12-13H,6-8H2,1-5H3. The monoisotopic (exact) mass is 292 g/mol. The highest BCUT2D eigenvalue weighted by Crippen LogP contribution is 2.13. The molecular formula is C11H24N4O3S. The molecule has 0 saturated carbocycles. The van der Waals surface area contributed by atoms with E-state index in [1.807, 2.05) is 0 Å². The molecule has 2 N–H and O–H groups in total. The molecule has 1 fully saturated rings. The van der Waals surface area contributed by atoms with Crippen LogP contribution in [0.5, 0.6) is 0 Å². The van der Waals surface area contributed by atoms with E-state index in [1.54, 1.807) is 34.9 Å². The molecule has 1 unspecified atom stereocenters. The first-order valence-electron chi connectivity index (χ1n) is 6.27. The second kappa shape index (κ2) is 5.74. The predicted molar refractivity (Wildman–Crippen MR) is 73.9 cm³/mol. The van der Waals surface area contributed by atoms with Gasteiger partial charge >= 0.3 is 0 Å². The number of carbonyl (C=O) groups is 1. The van der Waals surface area contributed by atoms with Gasteiger partial charge in [-0.05, 0) is 20.8 Å². The minimum Gasteiger partial charge on any atom is -0.347 e. The molecule has 8 heteroatoms. The number of hydrogen-bond acceptors (Lipinski definition) is 4. The molecule has 0 aromatic carbocycles. The fourth-order valence-corrected chi connectivity index (χ4v) is 3.65. The predicted octanol–water partition coefficient (Wildman–Crippen LogP) is -1.02. The van der Waals surface area contributed by atoms with Crippen LogP contribution in [-0.2, 0) is 15.0 Å². The van der Waals surface area contributed by atoms with Gasteiger partial charge < -0.3 is 10.2 Å². The van der Waals surface area contributed by atoms with Gasteiger partial charge in [0.25, 0.3) is 10.2 Å². The summed E-state index contributed by atoms with van der Waals surface area (Å²) in [5, 5.41) is 3.05. The molecule has 7 nitrogen and oxygen atoms in total. The van der Waals surface area contributed by atoms with Crippen molar-refractivity contribution in [3.05, 3.63) is 0 Å². The zero-order valence-corrected chi connectivity index (χ0v) is 13.0. The van der Waals surface area contributed by atoms with Crippen molar-refractivity contribution in [2.75, 3.05) is 33.7 Å². The average Bonchev–Trinajstić information content (AvgIpc) is 2.24. The van der Waals surface area contributed by atoms with E-state index in [2.05, 4.69) is 10.0 Å². The van der Waals surface area contributed by atoms with Gasteiger partial charge in [-0.2, -0.15) is 17.4 Å². The van der Waals surface area contributed by atoms with Crippen LogP contribution in [0.1, 0.15) is 20.8 Å². The van der Waals surface area contributed by atoms with Crippen molar-refractivity contribution in [2.24, 2.45) is 0 Å². The molecule has 1 atom stereocenters. The number of nitrogens with one attached hydrogen (secondary N) is 2. The lowest BCUT2D eigenvalue weighted by atomic mass is 10.1. The Morgan fingerprint density at radius 3 is 2.42 bits per heavy atom. The van der Waals surface area contributed by atoms with Crippen LogP contribution in [0.15, 0.2) is 0 Å². The minimum atomic E-state index is -3.67. The van der Waals surface area contributed by atoms with Crippen LogP contribution in [0.3, 0.4) is 0 Å². The number of piperazine rings is 1. The third-order valence-corrected chi connectivity index (χ3v) is 4.59. The zero-order chi connectivity index (χ0) is 14.8. The van der Waals surface area contributed by atoms with E-state index in [4.69, 9.17) is 0 Å². The summed E-state index contributed by atoms with van der Waals surface area (Å²) in [6, 6.07) is -0.691. The Morgan fingerprint density at radius 2 is 1.95 bits per heavy atom. The summed E-state index contributed by atoms with van der Waals surface area (Å²) in [6.45, 7) is 6.49. The SMILES string of the molecule is CN(C)C(=O)C1CNCCN1S(=O)(=O)NC(C)(C)C. The van der Waals surface area contributed by atoms with Gasteiger partial charge in [-0.3, -0.25) is 4.79 Å². The Balaban J connectivity index is 2.97. The number of carbonyl (C=O) groups excluding carboxylic acids is 1. The third-order valence-electron chi connectivity index (χ3n) is 2.66. The van der Waals surface area contributed by atoms with Crippen molar-refractivity contribution in [3.63, 3.8) is 0 Å². The fourth-order valence-electron chi connectivity index (χ4n) is 1.93.